The van der Waals surface area contributed by atoms with Crippen LogP contribution in [0, 0.1) is 111 Å². The molecule has 0 amide bonds. The van der Waals surface area contributed by atoms with Crippen molar-refractivity contribution in [3.05, 3.63) is 315 Å². The van der Waals surface area contributed by atoms with E-state index in [1.165, 1.54) is 105 Å². The maximum atomic E-state index is 4.44. The van der Waals surface area contributed by atoms with Crippen LogP contribution in [0.25, 0.3) is 87.6 Å². The highest BCUT2D eigenvalue weighted by Crippen LogP contribution is 2.23. The van der Waals surface area contributed by atoms with E-state index >= 15 is 0 Å². The van der Waals surface area contributed by atoms with Crippen LogP contribution in [0.2, 0.25) is 0 Å². The third kappa shape index (κ3) is 18.8. The molecule has 8 aromatic heterocycles. The van der Waals surface area contributed by atoms with Crippen molar-refractivity contribution in [3.63, 3.8) is 0 Å². The first-order valence-electron chi connectivity index (χ1n) is 32.3. The summed E-state index contributed by atoms with van der Waals surface area (Å²) in [6.45, 7) is 33.1. The number of aryl methyl sites for hydroxylation is 16. The van der Waals surface area contributed by atoms with Gasteiger partial charge in [0.1, 0.15) is 0 Å². The quantitative estimate of drug-likeness (QED) is 0.143. The van der Waals surface area contributed by atoms with Gasteiger partial charge in [0, 0.05) is 88.4 Å². The topological polar surface area (TPSA) is 142 Å². The minimum Gasteiger partial charge on any atom is -0.256 e. The second-order valence-corrected chi connectivity index (χ2v) is 24.7. The van der Waals surface area contributed by atoms with Crippen LogP contribution >= 0.6 is 0 Å². The minimum absolute atomic E-state index is 0.964. The van der Waals surface area contributed by atoms with Gasteiger partial charge in [0.05, 0.1) is 66.4 Å². The molecule has 0 N–H and O–H groups in total. The van der Waals surface area contributed by atoms with Crippen molar-refractivity contribution in [2.45, 2.75) is 111 Å². The van der Waals surface area contributed by atoms with Gasteiger partial charge in [0.25, 0.3) is 0 Å². The van der Waals surface area contributed by atoms with Crippen molar-refractivity contribution in [1.82, 2.24) is 54.8 Å². The molecule has 0 saturated carbocycles. The molecule has 96 heavy (non-hydrogen) atoms. The predicted octanol–water partition coefficient (Wildman–Crippen LogP) is 21.0. The van der Waals surface area contributed by atoms with Gasteiger partial charge in [-0.3, -0.25) is 49.8 Å². The molecular formula is C85H85N11. The first-order valence-corrected chi connectivity index (χ1v) is 32.3. The zero-order valence-corrected chi connectivity index (χ0v) is 58.3. The van der Waals surface area contributed by atoms with E-state index in [1.54, 1.807) is 31.0 Å². The fourth-order valence-electron chi connectivity index (χ4n) is 10.8. The van der Waals surface area contributed by atoms with Gasteiger partial charge < -0.3 is 0 Å². The highest BCUT2D eigenvalue weighted by atomic mass is 14.8. The lowest BCUT2D eigenvalue weighted by molar-refractivity contribution is 1.18. The molecule has 0 aliphatic rings. The second kappa shape index (κ2) is 32.6. The molecule has 0 radical (unpaired) electrons. The van der Waals surface area contributed by atoms with Crippen LogP contribution in [0.1, 0.15) is 89.3 Å². The molecule has 0 atom stereocenters. The second-order valence-electron chi connectivity index (χ2n) is 24.7. The van der Waals surface area contributed by atoms with E-state index in [4.69, 9.17) is 0 Å². The molecule has 480 valence electrons. The van der Waals surface area contributed by atoms with Gasteiger partial charge in [-0.1, -0.05) is 96.6 Å². The zero-order chi connectivity index (χ0) is 68.4. The van der Waals surface area contributed by atoms with Gasteiger partial charge >= 0.3 is 0 Å². The third-order valence-corrected chi connectivity index (χ3v) is 16.2. The Kier molecular flexibility index (Phi) is 23.5. The Hall–Kier alpha value is -11.2. The number of hydrogen-bond donors (Lipinski definition) is 0. The molecule has 11 nitrogen and oxygen atoms in total. The maximum absolute atomic E-state index is 4.44. The van der Waals surface area contributed by atoms with Crippen LogP contribution < -0.4 is 0 Å². The molecule has 16 aromatic rings. The maximum Gasteiger partial charge on any atom is 0.0918 e. The molecule has 0 unspecified atom stereocenters. The van der Waals surface area contributed by atoms with E-state index in [1.807, 2.05) is 75.0 Å². The molecule has 16 rings (SSSR count). The number of fused-ring (bicyclic) bond motifs is 8. The summed E-state index contributed by atoms with van der Waals surface area (Å²) in [5.41, 5.74) is 31.0. The smallest absolute Gasteiger partial charge is 0.0918 e. The molecule has 8 aromatic carbocycles. The van der Waals surface area contributed by atoms with Gasteiger partial charge in [-0.25, -0.2) is 4.98 Å². The SMILES string of the molecule is Cc1cc(C)c2ncccc2c1.Cc1cc2nccnc2cc1C.Cc1ccc(C)c2ncccc12.Cc1ccc(C)c2nccnc12.Cc1ccc2c(C)ccnc2c1.Cc1ccc2ccc(C)nc2c1.Cc1ccc2nc(C)cnc2c1.Cc1cnc2cc(C)ccc2c1. The number of aromatic nitrogens is 11. The average molecular weight is 1260 g/mol. The van der Waals surface area contributed by atoms with E-state index in [9.17, 15) is 0 Å². The summed E-state index contributed by atoms with van der Waals surface area (Å²) >= 11 is 0. The number of nitrogens with zero attached hydrogens (tertiary/aromatic N) is 11. The molecule has 11 heteroatoms. The standard InChI is InChI=1S/5C11H11N.3C10H10N2/c1-8-3-5-10-6-4-9(2)12-11(10)7-8;1-8-3-4-10-5-9(2)7-12-11(10)6-8;1-8-3-4-10-9(2)5-6-12-11(10)7-8;1-8-5-6-9(2)11-10(8)4-3-7-12-11;1-8-6-9(2)11-10(7-8)4-3-5-12-11;1-7-5-9-10(6-8(7)2)12-4-3-11-9;1-7-3-4-9-10(5-7)11-6-8(2)12-9;1-7-3-4-8(2)10-9(7)11-5-6-12-10/h5*3-7H,1-2H3;3*3-6H,1-2H3. The fourth-order valence-corrected chi connectivity index (χ4v) is 10.8. The molecule has 0 bridgehead atoms. The Bertz CT molecular complexity index is 4920. The predicted molar refractivity (Wildman–Crippen MR) is 403 cm³/mol. The Balaban J connectivity index is 0.000000129. The van der Waals surface area contributed by atoms with Crippen LogP contribution in [0.3, 0.4) is 0 Å². The van der Waals surface area contributed by atoms with Crippen molar-refractivity contribution >= 4 is 87.6 Å². The highest BCUT2D eigenvalue weighted by molar-refractivity contribution is 5.86. The summed E-state index contributed by atoms with van der Waals surface area (Å²) in [6.07, 6.45) is 16.1. The average Bonchev–Trinajstić information content (AvgIpc) is 0.881. The van der Waals surface area contributed by atoms with Gasteiger partial charge in [-0.2, -0.15) is 0 Å². The Labute approximate surface area is 565 Å². The summed E-state index contributed by atoms with van der Waals surface area (Å²) in [7, 11) is 0. The normalized spacial score (nSPS) is 10.5. The lowest BCUT2D eigenvalue weighted by Crippen LogP contribution is -1.88. The van der Waals surface area contributed by atoms with E-state index in [0.29, 0.717) is 0 Å². The van der Waals surface area contributed by atoms with E-state index in [-0.39, 0.29) is 0 Å². The Morgan fingerprint density at radius 3 is 1.32 bits per heavy atom. The first-order chi connectivity index (χ1) is 46.2. The van der Waals surface area contributed by atoms with E-state index < -0.39 is 0 Å². The van der Waals surface area contributed by atoms with Crippen molar-refractivity contribution in [1.29, 1.82) is 0 Å². The number of rotatable bonds is 0. The van der Waals surface area contributed by atoms with Crippen LogP contribution in [0.4, 0.5) is 0 Å². The Morgan fingerprint density at radius 1 is 0.198 bits per heavy atom. The minimum atomic E-state index is 0.964. The summed E-state index contributed by atoms with van der Waals surface area (Å²) < 4.78 is 0. The lowest BCUT2D eigenvalue weighted by Gasteiger charge is -2.02. The molecule has 0 aliphatic heterocycles. The van der Waals surface area contributed by atoms with E-state index in [0.717, 1.165) is 72.1 Å². The van der Waals surface area contributed by atoms with Crippen molar-refractivity contribution in [2.75, 3.05) is 0 Å². The van der Waals surface area contributed by atoms with Gasteiger partial charge in [0.15, 0.2) is 0 Å². The fraction of sp³-hybridized carbons (Fsp3) is 0.188. The van der Waals surface area contributed by atoms with Gasteiger partial charge in [-0.05, 0) is 262 Å². The van der Waals surface area contributed by atoms with Crippen LogP contribution in [-0.4, -0.2) is 54.8 Å². The van der Waals surface area contributed by atoms with Crippen molar-refractivity contribution in [3.8, 4) is 0 Å². The monoisotopic (exact) mass is 1260 g/mol. The lowest BCUT2D eigenvalue weighted by atomic mass is 10.1. The van der Waals surface area contributed by atoms with Crippen LogP contribution in [-0.2, 0) is 0 Å². The first kappa shape index (κ1) is 69.2. The number of pyridine rings is 5. The van der Waals surface area contributed by atoms with Crippen molar-refractivity contribution in [2.24, 2.45) is 0 Å². The molecule has 0 aliphatic carbocycles. The molecule has 8 heterocycles. The molecule has 0 spiro atoms. The number of hydrogen-bond acceptors (Lipinski definition) is 11. The summed E-state index contributed by atoms with van der Waals surface area (Å²) in [4.78, 5) is 47.4. The Morgan fingerprint density at radius 2 is 0.667 bits per heavy atom. The van der Waals surface area contributed by atoms with Crippen molar-refractivity contribution < 1.29 is 0 Å². The summed E-state index contributed by atoms with van der Waals surface area (Å²) in [5.74, 6) is 0. The van der Waals surface area contributed by atoms with Gasteiger partial charge in [0.2, 0.25) is 0 Å². The molecule has 0 saturated heterocycles. The highest BCUT2D eigenvalue weighted by Gasteiger charge is 2.04. The number of benzene rings is 8. The zero-order valence-electron chi connectivity index (χ0n) is 58.3. The van der Waals surface area contributed by atoms with E-state index in [2.05, 4.69) is 285 Å². The largest absolute Gasteiger partial charge is 0.256 e. The summed E-state index contributed by atoms with van der Waals surface area (Å²) in [5, 5.41) is 6.18. The van der Waals surface area contributed by atoms with Crippen LogP contribution in [0.5, 0.6) is 0 Å². The molecule has 0 fully saturated rings. The van der Waals surface area contributed by atoms with Crippen LogP contribution in [0.15, 0.2) is 226 Å². The van der Waals surface area contributed by atoms with Gasteiger partial charge in [-0.15, -0.1) is 0 Å². The third-order valence-electron chi connectivity index (χ3n) is 16.2. The molecular weight excluding hydrogens is 1180 g/mol. The summed E-state index contributed by atoms with van der Waals surface area (Å²) in [6, 6.07) is 58.5.